The van der Waals surface area contributed by atoms with Gasteiger partial charge in [0.2, 0.25) is 0 Å². The van der Waals surface area contributed by atoms with Crippen LogP contribution in [-0.2, 0) is 6.42 Å². The van der Waals surface area contributed by atoms with Crippen molar-refractivity contribution >= 4 is 11.8 Å². The number of hydrogen-bond acceptors (Lipinski definition) is 7. The fraction of sp³-hybridized carbons (Fsp3) is 0.542. The third-order valence-electron chi connectivity index (χ3n) is 6.98. The van der Waals surface area contributed by atoms with Crippen LogP contribution in [0.15, 0.2) is 35.3 Å². The number of anilines is 1. The molecule has 10 nitrogen and oxygen atoms in total. The molecule has 0 radical (unpaired) electrons. The van der Waals surface area contributed by atoms with Crippen molar-refractivity contribution in [3.05, 3.63) is 46.5 Å². The second-order valence-corrected chi connectivity index (χ2v) is 9.32. The number of amides is 2. The van der Waals surface area contributed by atoms with E-state index in [9.17, 15) is 9.59 Å². The van der Waals surface area contributed by atoms with E-state index in [2.05, 4.69) is 20.5 Å². The Balaban J connectivity index is 1.26. The van der Waals surface area contributed by atoms with Crippen LogP contribution in [0.2, 0.25) is 0 Å². The standard InChI is InChI=1S/C24H33N7O3/c25-18-2-1-9-29(10-5-18)20-14-17-3-4-19(15-21(17)34-16-20)31-11-6-22(28-24(31)33)27-23(32)30-12-7-26-8-13-30/h3-4,6,11,15,18,20,26H,1-2,5,7-10,12-14,16,25H2,(H,27,28,32,33). The van der Waals surface area contributed by atoms with Gasteiger partial charge in [-0.2, -0.15) is 4.98 Å². The minimum atomic E-state index is -0.451. The van der Waals surface area contributed by atoms with E-state index in [-0.39, 0.29) is 11.8 Å². The molecule has 2 saturated heterocycles. The van der Waals surface area contributed by atoms with Crippen LogP contribution < -0.4 is 26.8 Å². The monoisotopic (exact) mass is 467 g/mol. The fourth-order valence-corrected chi connectivity index (χ4v) is 4.96. The zero-order valence-electron chi connectivity index (χ0n) is 19.4. The number of hydrogen-bond donors (Lipinski definition) is 3. The smallest absolute Gasteiger partial charge is 0.354 e. The molecule has 4 N–H and O–H groups in total. The molecule has 2 unspecified atom stereocenters. The molecule has 182 valence electrons. The molecule has 2 atom stereocenters. The molecule has 0 bridgehead atoms. The molecule has 0 saturated carbocycles. The summed E-state index contributed by atoms with van der Waals surface area (Å²) in [7, 11) is 0. The number of urea groups is 1. The first kappa shape index (κ1) is 22.8. The van der Waals surface area contributed by atoms with E-state index in [0.29, 0.717) is 37.5 Å². The molecule has 34 heavy (non-hydrogen) atoms. The second kappa shape index (κ2) is 10.1. The van der Waals surface area contributed by atoms with Crippen molar-refractivity contribution in [2.24, 2.45) is 5.73 Å². The lowest BCUT2D eigenvalue weighted by atomic mass is 10.0. The molecular formula is C24H33N7O3. The summed E-state index contributed by atoms with van der Waals surface area (Å²) >= 11 is 0. The van der Waals surface area contributed by atoms with Gasteiger partial charge in [0.15, 0.2) is 0 Å². The summed E-state index contributed by atoms with van der Waals surface area (Å²) in [4.78, 5) is 33.4. The predicted octanol–water partition coefficient (Wildman–Crippen LogP) is 0.786. The third-order valence-corrected chi connectivity index (χ3v) is 6.98. The van der Waals surface area contributed by atoms with Gasteiger partial charge in [-0.25, -0.2) is 9.59 Å². The highest BCUT2D eigenvalue weighted by Gasteiger charge is 2.27. The number of rotatable bonds is 3. The summed E-state index contributed by atoms with van der Waals surface area (Å²) in [6, 6.07) is 7.91. The zero-order chi connectivity index (χ0) is 23.5. The minimum Gasteiger partial charge on any atom is -0.492 e. The maximum atomic E-state index is 12.7. The number of aromatic nitrogens is 2. The van der Waals surface area contributed by atoms with Crippen LogP contribution in [0.25, 0.3) is 5.69 Å². The Morgan fingerprint density at radius 1 is 1.15 bits per heavy atom. The van der Waals surface area contributed by atoms with Crippen molar-refractivity contribution < 1.29 is 9.53 Å². The van der Waals surface area contributed by atoms with Crippen LogP contribution in [-0.4, -0.2) is 83.3 Å². The third kappa shape index (κ3) is 5.08. The molecule has 1 aromatic carbocycles. The first-order valence-electron chi connectivity index (χ1n) is 12.2. The summed E-state index contributed by atoms with van der Waals surface area (Å²) in [5, 5.41) is 5.93. The Morgan fingerprint density at radius 2 is 2.00 bits per heavy atom. The van der Waals surface area contributed by atoms with Crippen LogP contribution in [0.3, 0.4) is 0 Å². The summed E-state index contributed by atoms with van der Waals surface area (Å²) in [6.07, 6.45) is 5.81. The van der Waals surface area contributed by atoms with Gasteiger partial charge in [0.05, 0.1) is 5.69 Å². The van der Waals surface area contributed by atoms with Gasteiger partial charge in [0.1, 0.15) is 18.2 Å². The Labute approximate surface area is 199 Å². The molecule has 0 spiro atoms. The number of nitrogens with zero attached hydrogens (tertiary/aromatic N) is 4. The van der Waals surface area contributed by atoms with Gasteiger partial charge in [-0.05, 0) is 49.9 Å². The fourth-order valence-electron chi connectivity index (χ4n) is 4.96. The van der Waals surface area contributed by atoms with E-state index in [4.69, 9.17) is 10.5 Å². The summed E-state index contributed by atoms with van der Waals surface area (Å²) in [5.74, 6) is 1.06. The highest BCUT2D eigenvalue weighted by molar-refractivity contribution is 5.88. The number of ether oxygens (including phenoxy) is 1. The number of likely N-dealkylation sites (tertiary alicyclic amines) is 1. The van der Waals surface area contributed by atoms with Crippen molar-refractivity contribution in [3.8, 4) is 11.4 Å². The predicted molar refractivity (Wildman–Crippen MR) is 130 cm³/mol. The Hall–Kier alpha value is -2.95. The van der Waals surface area contributed by atoms with E-state index in [0.717, 1.165) is 63.2 Å². The summed E-state index contributed by atoms with van der Waals surface area (Å²) in [5.41, 5.74) is 7.52. The van der Waals surface area contributed by atoms with Crippen molar-refractivity contribution in [1.29, 1.82) is 0 Å². The van der Waals surface area contributed by atoms with Gasteiger partial charge >= 0.3 is 11.7 Å². The number of fused-ring (bicyclic) bond motifs is 1. The summed E-state index contributed by atoms with van der Waals surface area (Å²) in [6.45, 7) is 5.49. The van der Waals surface area contributed by atoms with E-state index < -0.39 is 5.69 Å². The molecule has 3 aliphatic heterocycles. The first-order chi connectivity index (χ1) is 16.6. The molecule has 2 amide bonds. The average molecular weight is 468 g/mol. The van der Waals surface area contributed by atoms with E-state index in [1.165, 1.54) is 4.57 Å². The molecule has 4 heterocycles. The van der Waals surface area contributed by atoms with Crippen LogP contribution >= 0.6 is 0 Å². The van der Waals surface area contributed by atoms with E-state index in [1.54, 1.807) is 17.2 Å². The molecule has 1 aromatic heterocycles. The van der Waals surface area contributed by atoms with Crippen molar-refractivity contribution in [2.75, 3.05) is 51.2 Å². The molecule has 3 aliphatic rings. The maximum Gasteiger partial charge on any atom is 0.354 e. The van der Waals surface area contributed by atoms with Crippen LogP contribution in [0.5, 0.6) is 5.75 Å². The number of nitrogens with one attached hydrogen (secondary N) is 2. The number of carbonyl (C=O) groups is 1. The van der Waals surface area contributed by atoms with Gasteiger partial charge < -0.3 is 20.7 Å². The molecule has 2 fully saturated rings. The van der Waals surface area contributed by atoms with Crippen LogP contribution in [0.1, 0.15) is 24.8 Å². The molecule has 0 aliphatic carbocycles. The highest BCUT2D eigenvalue weighted by atomic mass is 16.5. The summed E-state index contributed by atoms with van der Waals surface area (Å²) < 4.78 is 7.59. The molecule has 5 rings (SSSR count). The average Bonchev–Trinajstić information content (AvgIpc) is 3.08. The van der Waals surface area contributed by atoms with Crippen molar-refractivity contribution in [2.45, 2.75) is 37.8 Å². The topological polar surface area (TPSA) is 118 Å². The maximum absolute atomic E-state index is 12.7. The van der Waals surface area contributed by atoms with Gasteiger partial charge in [-0.15, -0.1) is 0 Å². The normalized spacial score (nSPS) is 23.5. The van der Waals surface area contributed by atoms with E-state index >= 15 is 0 Å². The van der Waals surface area contributed by atoms with Gasteiger partial charge in [0.25, 0.3) is 0 Å². The van der Waals surface area contributed by atoms with Crippen LogP contribution in [0.4, 0.5) is 10.6 Å². The second-order valence-electron chi connectivity index (χ2n) is 9.32. The highest BCUT2D eigenvalue weighted by Crippen LogP contribution is 2.29. The first-order valence-corrected chi connectivity index (χ1v) is 12.2. The molecule has 10 heteroatoms. The Kier molecular flexibility index (Phi) is 6.80. The van der Waals surface area contributed by atoms with Gasteiger partial charge in [0, 0.05) is 57.1 Å². The van der Waals surface area contributed by atoms with Gasteiger partial charge in [-0.1, -0.05) is 6.07 Å². The zero-order valence-corrected chi connectivity index (χ0v) is 19.4. The minimum absolute atomic E-state index is 0.241. The molecule has 2 aromatic rings. The number of piperazine rings is 1. The van der Waals surface area contributed by atoms with E-state index in [1.807, 2.05) is 18.2 Å². The largest absolute Gasteiger partial charge is 0.492 e. The lowest BCUT2D eigenvalue weighted by molar-refractivity contribution is 0.122. The van der Waals surface area contributed by atoms with Gasteiger partial charge in [-0.3, -0.25) is 14.8 Å². The molecular weight excluding hydrogens is 434 g/mol. The number of carbonyl (C=O) groups excluding carboxylic acids is 1. The number of nitrogens with two attached hydrogens (primary N) is 1. The van der Waals surface area contributed by atoms with Crippen molar-refractivity contribution in [3.63, 3.8) is 0 Å². The Bertz CT molecular complexity index is 1080. The van der Waals surface area contributed by atoms with Crippen LogP contribution in [0, 0.1) is 0 Å². The quantitative estimate of drug-likeness (QED) is 0.611. The lowest BCUT2D eigenvalue weighted by Gasteiger charge is -2.34. The van der Waals surface area contributed by atoms with Crippen molar-refractivity contribution in [1.82, 2.24) is 24.7 Å². The number of benzene rings is 1. The Morgan fingerprint density at radius 3 is 2.82 bits per heavy atom. The SMILES string of the molecule is NC1CCCN(C2COc3cc(-n4ccc(NC(=O)N5CCNCC5)nc4=O)ccc3C2)CC1. The lowest BCUT2D eigenvalue weighted by Crippen LogP contribution is -2.48.